The van der Waals surface area contributed by atoms with E-state index in [1.165, 1.54) is 64.6 Å². The zero-order valence-corrected chi connectivity index (χ0v) is 13.6. The second-order valence-electron chi connectivity index (χ2n) is 7.38. The van der Waals surface area contributed by atoms with Gasteiger partial charge in [-0.1, -0.05) is 33.1 Å². The normalized spacial score (nSPS) is 36.6. The first-order valence-corrected chi connectivity index (χ1v) is 8.54. The van der Waals surface area contributed by atoms with Gasteiger partial charge < -0.3 is 5.32 Å². The summed E-state index contributed by atoms with van der Waals surface area (Å²) in [6, 6.07) is 0. The van der Waals surface area contributed by atoms with Gasteiger partial charge in [-0.3, -0.25) is 4.90 Å². The number of hydrogen-bond donors (Lipinski definition) is 1. The summed E-state index contributed by atoms with van der Waals surface area (Å²) in [6.07, 6.45) is 9.66. The van der Waals surface area contributed by atoms with E-state index in [9.17, 15) is 0 Å². The van der Waals surface area contributed by atoms with Crippen LogP contribution in [0.4, 0.5) is 0 Å². The molecule has 0 bridgehead atoms. The minimum absolute atomic E-state index is 0.376. The van der Waals surface area contributed by atoms with E-state index < -0.39 is 0 Å². The van der Waals surface area contributed by atoms with Crippen LogP contribution in [0, 0.1) is 5.92 Å². The summed E-state index contributed by atoms with van der Waals surface area (Å²) in [5.74, 6) is 0.937. The molecular weight excluding hydrogens is 232 g/mol. The molecule has 1 aliphatic heterocycles. The summed E-state index contributed by atoms with van der Waals surface area (Å²) >= 11 is 0. The van der Waals surface area contributed by atoms with Gasteiger partial charge in [-0.25, -0.2) is 0 Å². The molecule has 19 heavy (non-hydrogen) atoms. The second-order valence-corrected chi connectivity index (χ2v) is 7.38. The van der Waals surface area contributed by atoms with E-state index in [0.29, 0.717) is 11.1 Å². The third kappa shape index (κ3) is 3.52. The van der Waals surface area contributed by atoms with Gasteiger partial charge in [-0.05, 0) is 52.0 Å². The van der Waals surface area contributed by atoms with Gasteiger partial charge in [0, 0.05) is 24.2 Å². The van der Waals surface area contributed by atoms with Crippen molar-refractivity contribution in [2.75, 3.05) is 19.6 Å². The van der Waals surface area contributed by atoms with Crippen molar-refractivity contribution in [3.63, 3.8) is 0 Å². The molecule has 2 nitrogen and oxygen atoms in total. The van der Waals surface area contributed by atoms with Crippen molar-refractivity contribution in [3.05, 3.63) is 0 Å². The topological polar surface area (TPSA) is 15.3 Å². The Bertz CT molecular complexity index is 287. The van der Waals surface area contributed by atoms with E-state index >= 15 is 0 Å². The molecule has 0 aromatic rings. The van der Waals surface area contributed by atoms with Crippen molar-refractivity contribution in [1.82, 2.24) is 10.2 Å². The quantitative estimate of drug-likeness (QED) is 0.705. The van der Waals surface area contributed by atoms with Crippen LogP contribution in [0.15, 0.2) is 0 Å². The number of rotatable bonds is 7. The predicted molar refractivity (Wildman–Crippen MR) is 83.5 cm³/mol. The van der Waals surface area contributed by atoms with Gasteiger partial charge in [0.25, 0.3) is 0 Å². The molecule has 0 radical (unpaired) electrons. The summed E-state index contributed by atoms with van der Waals surface area (Å²) in [6.45, 7) is 13.3. The van der Waals surface area contributed by atoms with E-state index in [4.69, 9.17) is 0 Å². The predicted octanol–water partition coefficient (Wildman–Crippen LogP) is 3.81. The van der Waals surface area contributed by atoms with E-state index in [0.717, 1.165) is 5.92 Å². The van der Waals surface area contributed by atoms with Crippen LogP contribution in [-0.2, 0) is 0 Å². The highest BCUT2D eigenvalue weighted by Gasteiger charge is 2.48. The summed E-state index contributed by atoms with van der Waals surface area (Å²) in [7, 11) is 0. The molecule has 0 spiro atoms. The van der Waals surface area contributed by atoms with E-state index in [1.807, 2.05) is 0 Å². The van der Waals surface area contributed by atoms with Crippen LogP contribution in [0.3, 0.4) is 0 Å². The van der Waals surface area contributed by atoms with Crippen molar-refractivity contribution in [2.45, 2.75) is 83.7 Å². The van der Waals surface area contributed by atoms with Crippen LogP contribution in [0.25, 0.3) is 0 Å². The molecule has 0 aromatic heterocycles. The molecule has 0 amide bonds. The number of piperazine rings is 1. The number of unbranched alkanes of at least 4 members (excludes halogenated alkanes) is 3. The largest absolute Gasteiger partial charge is 0.308 e. The van der Waals surface area contributed by atoms with E-state index in [-0.39, 0.29) is 0 Å². The molecule has 112 valence electrons. The molecular formula is C17H34N2. The van der Waals surface area contributed by atoms with Gasteiger partial charge in [0.2, 0.25) is 0 Å². The van der Waals surface area contributed by atoms with Crippen LogP contribution in [0.1, 0.15) is 72.6 Å². The lowest BCUT2D eigenvalue weighted by molar-refractivity contribution is 0.00953. The highest BCUT2D eigenvalue weighted by molar-refractivity contribution is 5.07. The Labute approximate surface area is 120 Å². The molecule has 1 heterocycles. The Balaban J connectivity index is 1.92. The average Bonchev–Trinajstić information content (AvgIpc) is 3.24. The van der Waals surface area contributed by atoms with Crippen molar-refractivity contribution >= 4 is 0 Å². The Morgan fingerprint density at radius 3 is 2.42 bits per heavy atom. The summed E-state index contributed by atoms with van der Waals surface area (Å²) in [5.41, 5.74) is 0.764. The van der Waals surface area contributed by atoms with Crippen LogP contribution in [-0.4, -0.2) is 35.6 Å². The minimum atomic E-state index is 0.376. The summed E-state index contributed by atoms with van der Waals surface area (Å²) in [5, 5.41) is 3.89. The Hall–Kier alpha value is -0.0800. The molecule has 2 atom stereocenters. The summed E-state index contributed by atoms with van der Waals surface area (Å²) < 4.78 is 0. The molecule has 0 aromatic carbocycles. The van der Waals surface area contributed by atoms with Crippen molar-refractivity contribution in [3.8, 4) is 0 Å². The van der Waals surface area contributed by atoms with Crippen molar-refractivity contribution in [1.29, 1.82) is 0 Å². The van der Waals surface area contributed by atoms with Gasteiger partial charge in [0.15, 0.2) is 0 Å². The maximum Gasteiger partial charge on any atom is 0.0309 e. The standard InChI is InChI=1S/C17H34N2/c1-5-7-8-9-12-19-14-17(4,15-10-11-15)18-13-16(19,3)6-2/h15,18H,5-14H2,1-4H3. The Morgan fingerprint density at radius 1 is 1.11 bits per heavy atom. The molecule has 1 N–H and O–H groups in total. The molecule has 1 saturated carbocycles. The number of nitrogens with zero attached hydrogens (tertiary/aromatic N) is 1. The lowest BCUT2D eigenvalue weighted by atomic mass is 9.84. The smallest absolute Gasteiger partial charge is 0.0309 e. The van der Waals surface area contributed by atoms with Gasteiger partial charge in [0.05, 0.1) is 0 Å². The van der Waals surface area contributed by atoms with Gasteiger partial charge in [0.1, 0.15) is 0 Å². The fourth-order valence-corrected chi connectivity index (χ4v) is 3.57. The number of nitrogens with one attached hydrogen (secondary N) is 1. The monoisotopic (exact) mass is 266 g/mol. The third-order valence-corrected chi connectivity index (χ3v) is 5.68. The van der Waals surface area contributed by atoms with Crippen LogP contribution in [0.2, 0.25) is 0 Å². The zero-order valence-electron chi connectivity index (χ0n) is 13.6. The van der Waals surface area contributed by atoms with Crippen molar-refractivity contribution < 1.29 is 0 Å². The summed E-state index contributed by atoms with van der Waals surface area (Å²) in [4.78, 5) is 2.80. The first-order valence-electron chi connectivity index (χ1n) is 8.54. The highest BCUT2D eigenvalue weighted by Crippen LogP contribution is 2.43. The zero-order chi connectivity index (χ0) is 13.9. The lowest BCUT2D eigenvalue weighted by Crippen LogP contribution is -2.68. The maximum atomic E-state index is 3.89. The van der Waals surface area contributed by atoms with Gasteiger partial charge >= 0.3 is 0 Å². The Morgan fingerprint density at radius 2 is 1.84 bits per heavy atom. The molecule has 1 aliphatic carbocycles. The fourth-order valence-electron chi connectivity index (χ4n) is 3.57. The first kappa shape index (κ1) is 15.3. The van der Waals surface area contributed by atoms with E-state index in [1.54, 1.807) is 0 Å². The second kappa shape index (κ2) is 6.13. The molecule has 2 aliphatic rings. The fraction of sp³-hybridized carbons (Fsp3) is 1.00. The Kier molecular flexibility index (Phi) is 4.94. The average molecular weight is 266 g/mol. The number of hydrogen-bond acceptors (Lipinski definition) is 2. The van der Waals surface area contributed by atoms with Crippen LogP contribution >= 0.6 is 0 Å². The maximum absolute atomic E-state index is 3.89. The van der Waals surface area contributed by atoms with Crippen LogP contribution < -0.4 is 5.32 Å². The van der Waals surface area contributed by atoms with Gasteiger partial charge in [-0.2, -0.15) is 0 Å². The molecule has 1 saturated heterocycles. The minimum Gasteiger partial charge on any atom is -0.308 e. The molecule has 2 fully saturated rings. The first-order chi connectivity index (χ1) is 9.04. The van der Waals surface area contributed by atoms with E-state index in [2.05, 4.69) is 37.9 Å². The SMILES string of the molecule is CCCCCCN1CC(C)(C2CC2)NCC1(C)CC. The molecule has 2 heteroatoms. The highest BCUT2D eigenvalue weighted by atomic mass is 15.3. The molecule has 2 unspecified atom stereocenters. The lowest BCUT2D eigenvalue weighted by Gasteiger charge is -2.52. The van der Waals surface area contributed by atoms with Crippen molar-refractivity contribution in [2.24, 2.45) is 5.92 Å². The van der Waals surface area contributed by atoms with Crippen LogP contribution in [0.5, 0.6) is 0 Å². The van der Waals surface area contributed by atoms with Gasteiger partial charge in [-0.15, -0.1) is 0 Å². The third-order valence-electron chi connectivity index (χ3n) is 5.68. The molecule has 2 rings (SSSR count).